The average molecular weight is 418 g/mol. The van der Waals surface area contributed by atoms with E-state index in [1.54, 1.807) is 0 Å². The maximum absolute atomic E-state index is 10.1. The molecule has 0 atom stereocenters. The molecule has 0 aliphatic rings. The number of para-hydroxylation sites is 1. The van der Waals surface area contributed by atoms with E-state index in [1.165, 1.54) is 32.8 Å². The van der Waals surface area contributed by atoms with Crippen LogP contribution in [0.25, 0.3) is 32.6 Å². The topological polar surface area (TPSA) is 29.0 Å². The summed E-state index contributed by atoms with van der Waals surface area (Å²) < 4.78 is 4.28. The van der Waals surface area contributed by atoms with Gasteiger partial charge in [0.05, 0.1) is 17.5 Å². The molecule has 3 nitrogen and oxygen atoms in total. The van der Waals surface area contributed by atoms with Crippen LogP contribution in [0.5, 0.6) is 0 Å². The van der Waals surface area contributed by atoms with Crippen LogP contribution in [0.1, 0.15) is 11.1 Å². The molecule has 118 valence electrons. The Labute approximate surface area is 152 Å². The van der Waals surface area contributed by atoms with E-state index in [2.05, 4.69) is 61.3 Å². The van der Waals surface area contributed by atoms with Gasteiger partial charge >= 0.3 is 0 Å². The first-order valence-electron chi connectivity index (χ1n) is 7.52. The van der Waals surface area contributed by atoms with E-state index >= 15 is 0 Å². The molecule has 4 rings (SSSR count). The molecule has 0 unspecified atom stereocenters. The molecular formula is C19H19IN2O. The number of pyridine rings is 1. The molecule has 0 radical (unpaired) electrons. The highest BCUT2D eigenvalue weighted by molar-refractivity contribution is 6.16. The smallest absolute Gasteiger partial charge is 0.176 e. The number of fused-ring (bicyclic) bond motifs is 4. The molecule has 4 heteroatoms. The van der Waals surface area contributed by atoms with E-state index in [4.69, 9.17) is 0 Å². The lowest BCUT2D eigenvalue weighted by Crippen LogP contribution is -3.00. The number of aliphatic hydroxyl groups is 1. The highest BCUT2D eigenvalue weighted by Crippen LogP contribution is 2.37. The molecule has 0 amide bonds. The quantitative estimate of drug-likeness (QED) is 0.345. The molecule has 0 saturated heterocycles. The Hall–Kier alpha value is -1.66. The summed E-state index contributed by atoms with van der Waals surface area (Å²) in [6.45, 7) is 2.22. The van der Waals surface area contributed by atoms with Crippen molar-refractivity contribution in [2.75, 3.05) is 0 Å². The zero-order chi connectivity index (χ0) is 15.4. The van der Waals surface area contributed by atoms with E-state index in [9.17, 15) is 5.11 Å². The predicted octanol–water partition coefficient (Wildman–Crippen LogP) is 0.114. The van der Waals surface area contributed by atoms with Crippen LogP contribution in [0.2, 0.25) is 0 Å². The molecular weight excluding hydrogens is 399 g/mol. The van der Waals surface area contributed by atoms with Crippen LogP contribution in [0.3, 0.4) is 0 Å². The maximum atomic E-state index is 10.1. The number of hydrogen-bond acceptors (Lipinski definition) is 1. The number of aromatic nitrogens is 2. The summed E-state index contributed by atoms with van der Waals surface area (Å²) in [7, 11) is 4.12. The molecule has 1 N–H and O–H groups in total. The van der Waals surface area contributed by atoms with Crippen LogP contribution in [0, 0.1) is 6.92 Å². The number of nitrogens with zero attached hydrogens (tertiary/aromatic N) is 2. The molecule has 2 aromatic heterocycles. The first-order chi connectivity index (χ1) is 10.6. The Morgan fingerprint density at radius 1 is 1.09 bits per heavy atom. The van der Waals surface area contributed by atoms with Crippen molar-refractivity contribution >= 4 is 32.6 Å². The fourth-order valence-corrected chi connectivity index (χ4v) is 3.73. The van der Waals surface area contributed by atoms with Crippen LogP contribution in [0.4, 0.5) is 0 Å². The molecule has 0 fully saturated rings. The highest BCUT2D eigenvalue weighted by Gasteiger charge is 2.19. The van der Waals surface area contributed by atoms with Gasteiger partial charge in [-0.2, -0.15) is 0 Å². The molecule has 2 heterocycles. The van der Waals surface area contributed by atoms with Crippen molar-refractivity contribution < 1.29 is 33.7 Å². The van der Waals surface area contributed by atoms with Crippen molar-refractivity contribution in [1.82, 2.24) is 4.57 Å². The number of aliphatic hydroxyl groups excluding tert-OH is 1. The van der Waals surface area contributed by atoms with Crippen LogP contribution in [-0.4, -0.2) is 9.67 Å². The van der Waals surface area contributed by atoms with Gasteiger partial charge in [0.1, 0.15) is 7.05 Å². The van der Waals surface area contributed by atoms with Gasteiger partial charge in [-0.1, -0.05) is 18.2 Å². The lowest BCUT2D eigenvalue weighted by molar-refractivity contribution is -0.670. The summed E-state index contributed by atoms with van der Waals surface area (Å²) in [6.07, 6.45) is 4.17. The molecule has 4 aromatic rings. The number of rotatable bonds is 1. The third kappa shape index (κ3) is 2.16. The third-order valence-electron chi connectivity index (χ3n) is 4.75. The van der Waals surface area contributed by atoms with Crippen LogP contribution in [0.15, 0.2) is 42.7 Å². The minimum absolute atomic E-state index is 0. The monoisotopic (exact) mass is 418 g/mol. The zero-order valence-electron chi connectivity index (χ0n) is 13.5. The fourth-order valence-electron chi connectivity index (χ4n) is 3.73. The number of benzene rings is 2. The third-order valence-corrected chi connectivity index (χ3v) is 4.75. The number of halogens is 1. The van der Waals surface area contributed by atoms with E-state index < -0.39 is 0 Å². The van der Waals surface area contributed by atoms with Gasteiger partial charge < -0.3 is 33.7 Å². The first-order valence-corrected chi connectivity index (χ1v) is 7.52. The van der Waals surface area contributed by atoms with E-state index in [0.717, 1.165) is 10.9 Å². The normalized spacial score (nSPS) is 11.3. The van der Waals surface area contributed by atoms with Crippen LogP contribution in [-0.2, 0) is 20.7 Å². The van der Waals surface area contributed by atoms with Gasteiger partial charge in [-0.3, -0.25) is 0 Å². The summed E-state index contributed by atoms with van der Waals surface area (Å²) in [5.41, 5.74) is 4.70. The summed E-state index contributed by atoms with van der Waals surface area (Å²) >= 11 is 0. The van der Waals surface area contributed by atoms with Crippen molar-refractivity contribution in [1.29, 1.82) is 0 Å². The average Bonchev–Trinajstić information content (AvgIpc) is 2.82. The Bertz CT molecular complexity index is 1050. The molecule has 23 heavy (non-hydrogen) atoms. The summed E-state index contributed by atoms with van der Waals surface area (Å²) in [6, 6.07) is 10.6. The predicted molar refractivity (Wildman–Crippen MR) is 89.8 cm³/mol. The van der Waals surface area contributed by atoms with E-state index in [1.807, 2.05) is 11.6 Å². The lowest BCUT2D eigenvalue weighted by Gasteiger charge is -2.10. The van der Waals surface area contributed by atoms with Gasteiger partial charge in [0.25, 0.3) is 0 Å². The second kappa shape index (κ2) is 5.76. The van der Waals surface area contributed by atoms with Crippen LogP contribution >= 0.6 is 0 Å². The molecule has 0 saturated carbocycles. The highest BCUT2D eigenvalue weighted by atomic mass is 127. The van der Waals surface area contributed by atoms with Crippen molar-refractivity contribution in [2.45, 2.75) is 13.5 Å². The number of aryl methyl sites for hydroxylation is 3. The van der Waals surface area contributed by atoms with Gasteiger partial charge in [-0.05, 0) is 23.9 Å². The van der Waals surface area contributed by atoms with Gasteiger partial charge in [0, 0.05) is 35.0 Å². The molecule has 0 aliphatic heterocycles. The van der Waals surface area contributed by atoms with Crippen molar-refractivity contribution in [3.63, 3.8) is 0 Å². The van der Waals surface area contributed by atoms with Gasteiger partial charge in [0.15, 0.2) is 12.4 Å². The summed E-state index contributed by atoms with van der Waals surface area (Å²) in [5, 5.41) is 14.8. The molecule has 0 bridgehead atoms. The van der Waals surface area contributed by atoms with Crippen molar-refractivity contribution in [3.05, 3.63) is 53.9 Å². The van der Waals surface area contributed by atoms with Crippen molar-refractivity contribution in [2.24, 2.45) is 14.1 Å². The van der Waals surface area contributed by atoms with E-state index in [0.29, 0.717) is 0 Å². The second-order valence-electron chi connectivity index (χ2n) is 6.00. The molecule has 2 aromatic carbocycles. The lowest BCUT2D eigenvalue weighted by atomic mass is 9.96. The van der Waals surface area contributed by atoms with Crippen molar-refractivity contribution in [3.8, 4) is 0 Å². The van der Waals surface area contributed by atoms with Gasteiger partial charge in [-0.15, -0.1) is 0 Å². The van der Waals surface area contributed by atoms with Gasteiger partial charge in [0.2, 0.25) is 0 Å². The van der Waals surface area contributed by atoms with Gasteiger partial charge in [-0.25, -0.2) is 4.57 Å². The summed E-state index contributed by atoms with van der Waals surface area (Å²) in [5.74, 6) is 0. The molecule has 0 spiro atoms. The standard InChI is InChI=1S/C19H19N2O.HI/c1-12-13-8-9-20(2)10-15(13)16(11-22)18-14-6-4-5-7-17(14)21(3)19(12)18;/h4-10,22H,11H2,1-3H3;1H/q+1;/p-1. The Balaban J connectivity index is 0.00000156. The largest absolute Gasteiger partial charge is 1.00 e. The second-order valence-corrected chi connectivity index (χ2v) is 6.00. The fraction of sp³-hybridized carbons (Fsp3) is 0.211. The minimum atomic E-state index is 0. The zero-order valence-corrected chi connectivity index (χ0v) is 15.6. The number of hydrogen-bond donors (Lipinski definition) is 1. The Morgan fingerprint density at radius 3 is 2.57 bits per heavy atom. The Kier molecular flexibility index (Phi) is 4.06. The van der Waals surface area contributed by atoms with E-state index in [-0.39, 0.29) is 30.6 Å². The molecule has 0 aliphatic carbocycles. The van der Waals surface area contributed by atoms with Crippen LogP contribution < -0.4 is 28.5 Å². The Morgan fingerprint density at radius 2 is 1.83 bits per heavy atom. The minimum Gasteiger partial charge on any atom is -1.00 e. The SMILES string of the molecule is Cc1c2cc[n+](C)cc2c(CO)c2c3ccccc3n(C)c12.[I-]. The maximum Gasteiger partial charge on any atom is 0.176 e. The first kappa shape index (κ1) is 16.2. The summed E-state index contributed by atoms with van der Waals surface area (Å²) in [4.78, 5) is 0.